The lowest BCUT2D eigenvalue weighted by atomic mass is 10.2. The van der Waals surface area contributed by atoms with E-state index >= 15 is 0 Å². The summed E-state index contributed by atoms with van der Waals surface area (Å²) in [5.41, 5.74) is 1.37. The van der Waals surface area contributed by atoms with Gasteiger partial charge in [-0.05, 0) is 43.3 Å². The van der Waals surface area contributed by atoms with Crippen LogP contribution in [0.25, 0.3) is 5.69 Å². The molecule has 2 aromatic rings. The van der Waals surface area contributed by atoms with Crippen molar-refractivity contribution in [2.45, 2.75) is 31.5 Å². The highest BCUT2D eigenvalue weighted by molar-refractivity contribution is 7.99. The number of tetrazole rings is 1. The maximum atomic E-state index is 9.72. The van der Waals surface area contributed by atoms with Crippen molar-refractivity contribution in [2.24, 2.45) is 0 Å². The van der Waals surface area contributed by atoms with E-state index in [1.165, 1.54) is 17.3 Å². The van der Waals surface area contributed by atoms with Gasteiger partial charge in [0, 0.05) is 5.75 Å². The highest BCUT2D eigenvalue weighted by Crippen LogP contribution is 2.22. The summed E-state index contributed by atoms with van der Waals surface area (Å²) in [6.45, 7) is 5.56. The lowest BCUT2D eigenvalue weighted by molar-refractivity contribution is 0.107. The Morgan fingerprint density at radius 2 is 1.94 bits per heavy atom. The van der Waals surface area contributed by atoms with E-state index in [0.29, 0.717) is 10.9 Å². The van der Waals surface area contributed by atoms with E-state index in [4.69, 9.17) is 0 Å². The van der Waals surface area contributed by atoms with Crippen LogP contribution in [0.15, 0.2) is 29.4 Å². The molecule has 0 amide bonds. The number of nitrogens with zero attached hydrogens (tertiary/aromatic N) is 4. The number of thioether (sulfide) groups is 1. The molecule has 0 saturated carbocycles. The molecule has 5 nitrogen and oxygen atoms in total. The molecule has 1 aromatic heterocycles. The Hall–Kier alpha value is -1.40. The Labute approximate surface area is 110 Å². The Kier molecular flexibility index (Phi) is 3.68. The van der Waals surface area contributed by atoms with Crippen molar-refractivity contribution in [1.29, 1.82) is 0 Å². The van der Waals surface area contributed by atoms with Crippen LogP contribution < -0.4 is 0 Å². The first-order chi connectivity index (χ1) is 8.46. The molecule has 0 radical (unpaired) electrons. The summed E-state index contributed by atoms with van der Waals surface area (Å²) < 4.78 is 1.68. The molecule has 0 aliphatic carbocycles. The quantitative estimate of drug-likeness (QED) is 0.854. The van der Waals surface area contributed by atoms with Crippen molar-refractivity contribution >= 4 is 11.8 Å². The number of aryl methyl sites for hydroxylation is 1. The van der Waals surface area contributed by atoms with Crippen molar-refractivity contribution in [2.75, 3.05) is 5.75 Å². The van der Waals surface area contributed by atoms with Gasteiger partial charge >= 0.3 is 0 Å². The minimum Gasteiger partial charge on any atom is -0.390 e. The van der Waals surface area contributed by atoms with Gasteiger partial charge in [-0.25, -0.2) is 0 Å². The normalized spacial score (nSPS) is 11.8. The second kappa shape index (κ2) is 5.07. The molecule has 0 bridgehead atoms. The third kappa shape index (κ3) is 3.30. The minimum atomic E-state index is -0.741. The predicted molar refractivity (Wildman–Crippen MR) is 70.9 cm³/mol. The van der Waals surface area contributed by atoms with Crippen LogP contribution in [0.5, 0.6) is 0 Å². The van der Waals surface area contributed by atoms with Crippen LogP contribution in [0, 0.1) is 6.92 Å². The van der Waals surface area contributed by atoms with Gasteiger partial charge < -0.3 is 5.11 Å². The standard InChI is InChI=1S/C12H16N4OS/c1-9-4-6-10(7-5-9)16-11(13-14-15-16)18-8-12(2,3)17/h4-7,17H,8H2,1-3H3. The van der Waals surface area contributed by atoms with Gasteiger partial charge in [-0.1, -0.05) is 29.5 Å². The van der Waals surface area contributed by atoms with Gasteiger partial charge in [-0.3, -0.25) is 0 Å². The van der Waals surface area contributed by atoms with Gasteiger partial charge in [-0.2, -0.15) is 4.68 Å². The second-order valence-corrected chi connectivity index (χ2v) is 5.75. The average Bonchev–Trinajstić information content (AvgIpc) is 2.75. The molecule has 0 saturated heterocycles. The molecule has 2 rings (SSSR count). The molecule has 1 aromatic carbocycles. The first-order valence-electron chi connectivity index (χ1n) is 5.66. The molecule has 0 atom stereocenters. The molecular weight excluding hydrogens is 248 g/mol. The number of rotatable bonds is 4. The molecule has 0 spiro atoms. The first kappa shape index (κ1) is 13.0. The van der Waals surface area contributed by atoms with Crippen molar-refractivity contribution in [3.05, 3.63) is 29.8 Å². The van der Waals surface area contributed by atoms with E-state index in [9.17, 15) is 5.11 Å². The van der Waals surface area contributed by atoms with Gasteiger partial charge in [0.1, 0.15) is 0 Å². The predicted octanol–water partition coefficient (Wildman–Crippen LogP) is 1.83. The fraction of sp³-hybridized carbons (Fsp3) is 0.417. The SMILES string of the molecule is Cc1ccc(-n2nnnc2SCC(C)(C)O)cc1. The summed E-state index contributed by atoms with van der Waals surface area (Å²) in [6, 6.07) is 7.97. The van der Waals surface area contributed by atoms with E-state index in [-0.39, 0.29) is 0 Å². The summed E-state index contributed by atoms with van der Waals surface area (Å²) in [5, 5.41) is 22.0. The fourth-order valence-corrected chi connectivity index (χ4v) is 2.20. The van der Waals surface area contributed by atoms with Crippen LogP contribution in [0.2, 0.25) is 0 Å². The molecular formula is C12H16N4OS. The zero-order valence-electron chi connectivity index (χ0n) is 10.7. The van der Waals surface area contributed by atoms with Crippen LogP contribution >= 0.6 is 11.8 Å². The van der Waals surface area contributed by atoms with Crippen molar-refractivity contribution in [3.63, 3.8) is 0 Å². The van der Waals surface area contributed by atoms with Gasteiger partial charge in [0.05, 0.1) is 11.3 Å². The Bertz CT molecular complexity index is 516. The van der Waals surface area contributed by atoms with E-state index in [1.54, 1.807) is 18.5 Å². The van der Waals surface area contributed by atoms with Gasteiger partial charge in [0.25, 0.3) is 0 Å². The molecule has 0 aliphatic heterocycles. The number of hydrogen-bond donors (Lipinski definition) is 1. The largest absolute Gasteiger partial charge is 0.390 e. The Morgan fingerprint density at radius 3 is 2.56 bits per heavy atom. The zero-order valence-corrected chi connectivity index (χ0v) is 11.5. The molecule has 0 unspecified atom stereocenters. The molecule has 1 N–H and O–H groups in total. The van der Waals surface area contributed by atoms with Crippen molar-refractivity contribution < 1.29 is 5.11 Å². The van der Waals surface area contributed by atoms with Gasteiger partial charge in [-0.15, -0.1) is 5.10 Å². The summed E-state index contributed by atoms with van der Waals surface area (Å²) in [5.74, 6) is 0.541. The highest BCUT2D eigenvalue weighted by Gasteiger charge is 2.16. The van der Waals surface area contributed by atoms with Crippen LogP contribution in [-0.4, -0.2) is 36.7 Å². The van der Waals surface area contributed by atoms with Crippen molar-refractivity contribution in [3.8, 4) is 5.69 Å². The number of aromatic nitrogens is 4. The van der Waals surface area contributed by atoms with E-state index in [2.05, 4.69) is 15.5 Å². The fourth-order valence-electron chi connectivity index (χ4n) is 1.36. The monoisotopic (exact) mass is 264 g/mol. The lowest BCUT2D eigenvalue weighted by Gasteiger charge is -2.15. The summed E-state index contributed by atoms with van der Waals surface area (Å²) in [6.07, 6.45) is 0. The lowest BCUT2D eigenvalue weighted by Crippen LogP contribution is -2.22. The topological polar surface area (TPSA) is 63.8 Å². The van der Waals surface area contributed by atoms with E-state index < -0.39 is 5.60 Å². The number of hydrogen-bond acceptors (Lipinski definition) is 5. The third-order valence-corrected chi connectivity index (χ3v) is 3.64. The maximum absolute atomic E-state index is 9.72. The Morgan fingerprint density at radius 1 is 1.28 bits per heavy atom. The van der Waals surface area contributed by atoms with Crippen molar-refractivity contribution in [1.82, 2.24) is 20.2 Å². The first-order valence-corrected chi connectivity index (χ1v) is 6.65. The van der Waals surface area contributed by atoms with Crippen LogP contribution in [-0.2, 0) is 0 Å². The minimum absolute atomic E-state index is 0.541. The molecule has 96 valence electrons. The molecule has 0 aliphatic rings. The van der Waals surface area contributed by atoms with Gasteiger partial charge in [0.2, 0.25) is 5.16 Å². The summed E-state index contributed by atoms with van der Waals surface area (Å²) in [7, 11) is 0. The molecule has 18 heavy (non-hydrogen) atoms. The molecule has 1 heterocycles. The third-order valence-electron chi connectivity index (χ3n) is 2.27. The van der Waals surface area contributed by atoms with Gasteiger partial charge in [0.15, 0.2) is 0 Å². The van der Waals surface area contributed by atoms with E-state index in [0.717, 1.165) is 5.69 Å². The molecule has 0 fully saturated rings. The zero-order chi connectivity index (χ0) is 13.2. The summed E-state index contributed by atoms with van der Waals surface area (Å²) in [4.78, 5) is 0. The van der Waals surface area contributed by atoms with Crippen LogP contribution in [0.3, 0.4) is 0 Å². The smallest absolute Gasteiger partial charge is 0.214 e. The number of benzene rings is 1. The second-order valence-electron chi connectivity index (χ2n) is 4.81. The molecule has 6 heteroatoms. The Balaban J connectivity index is 2.20. The van der Waals surface area contributed by atoms with Crippen LogP contribution in [0.4, 0.5) is 0 Å². The highest BCUT2D eigenvalue weighted by atomic mass is 32.2. The number of aliphatic hydroxyl groups is 1. The average molecular weight is 264 g/mol. The van der Waals surface area contributed by atoms with Crippen LogP contribution in [0.1, 0.15) is 19.4 Å². The van der Waals surface area contributed by atoms with E-state index in [1.807, 2.05) is 31.2 Å². The summed E-state index contributed by atoms with van der Waals surface area (Å²) >= 11 is 1.44. The maximum Gasteiger partial charge on any atom is 0.214 e.